The molecule has 27 atom stereocenters. The second kappa shape index (κ2) is 35.8. The molecule has 26 heteroatoms. The monoisotopic (exact) mass is 1250 g/mol. The Morgan fingerprint density at radius 1 is 0.517 bits per heavy atom. The van der Waals surface area contributed by atoms with Crippen molar-refractivity contribution in [1.29, 1.82) is 0 Å². The fraction of sp³-hybridized carbons (Fsp3) is 0.934. The van der Waals surface area contributed by atoms with Crippen LogP contribution in [0.2, 0.25) is 0 Å². The number of aliphatic hydroxyl groups excluding tert-OH is 8. The topological polar surface area (TPSA) is 359 Å². The predicted molar refractivity (Wildman–Crippen MR) is 303 cm³/mol. The highest BCUT2D eigenvalue weighted by molar-refractivity contribution is 5.72. The van der Waals surface area contributed by atoms with Gasteiger partial charge in [0, 0.05) is 19.8 Å². The number of hydrogen-bond donors (Lipinski definition) is 8. The second-order valence-corrected chi connectivity index (χ2v) is 24.5. The molecule has 6 aliphatic heterocycles. The van der Waals surface area contributed by atoms with Crippen LogP contribution in [0.15, 0.2) is 0 Å². The van der Waals surface area contributed by atoms with Crippen molar-refractivity contribution >= 4 is 23.9 Å². The largest absolute Gasteiger partial charge is 0.457 e. The third-order valence-electron chi connectivity index (χ3n) is 17.5. The molecule has 6 aliphatic rings. The van der Waals surface area contributed by atoms with E-state index < -0.39 is 190 Å². The van der Waals surface area contributed by atoms with Crippen LogP contribution in [0.3, 0.4) is 0 Å². The molecule has 0 radical (unpaired) electrons. The van der Waals surface area contributed by atoms with Crippen LogP contribution < -0.4 is 0 Å². The van der Waals surface area contributed by atoms with Gasteiger partial charge in [0.25, 0.3) is 0 Å². The van der Waals surface area contributed by atoms with E-state index in [1.807, 2.05) is 6.92 Å². The highest BCUT2D eigenvalue weighted by atomic mass is 16.8. The first-order valence-corrected chi connectivity index (χ1v) is 32.2. The third kappa shape index (κ3) is 20.1. The van der Waals surface area contributed by atoms with Gasteiger partial charge in [-0.15, -0.1) is 0 Å². The first-order chi connectivity index (χ1) is 41.5. The van der Waals surface area contributed by atoms with E-state index in [9.17, 15) is 60.0 Å². The van der Waals surface area contributed by atoms with Crippen LogP contribution in [0.4, 0.5) is 0 Å². The molecular weight excluding hydrogens is 1150 g/mol. The van der Waals surface area contributed by atoms with Crippen molar-refractivity contribution < 1.29 is 126 Å². The van der Waals surface area contributed by atoms with Gasteiger partial charge >= 0.3 is 23.9 Å². The normalized spacial score (nSPS) is 41.6. The minimum Gasteiger partial charge on any atom is -0.457 e. The summed E-state index contributed by atoms with van der Waals surface area (Å²) in [6.45, 7) is 14.0. The van der Waals surface area contributed by atoms with Gasteiger partial charge in [0.15, 0.2) is 55.9 Å². The van der Waals surface area contributed by atoms with E-state index in [2.05, 4.69) is 6.92 Å². The Labute approximate surface area is 511 Å². The summed E-state index contributed by atoms with van der Waals surface area (Å²) in [5, 5.41) is 91.4. The lowest BCUT2D eigenvalue weighted by Gasteiger charge is -2.51. The van der Waals surface area contributed by atoms with Gasteiger partial charge in [-0.2, -0.15) is 0 Å². The Kier molecular flexibility index (Phi) is 30.2. The highest BCUT2D eigenvalue weighted by Gasteiger charge is 2.59. The molecule has 8 N–H and O–H groups in total. The predicted octanol–water partition coefficient (Wildman–Crippen LogP) is 3.31. The van der Waals surface area contributed by atoms with Crippen molar-refractivity contribution in [3.05, 3.63) is 0 Å². The van der Waals surface area contributed by atoms with E-state index in [1.54, 1.807) is 20.8 Å². The maximum absolute atomic E-state index is 14.2. The van der Waals surface area contributed by atoms with Crippen molar-refractivity contribution in [3.8, 4) is 0 Å². The summed E-state index contributed by atoms with van der Waals surface area (Å²) in [6.07, 6.45) is -26.2. The van der Waals surface area contributed by atoms with Crippen molar-refractivity contribution in [2.24, 2.45) is 5.92 Å². The SMILES string of the molecule is CCCCCCCC(=O)O[C@H]1[C@H](O[C@@H]2[C@@H](O)[C@H]3OC(=O)CCCCCCCCC[C@H](CCCCC)O[C@@H]4O[C@H](C)[C@H](OC(C)=O)[C@H](O)[C@H]4O[C@@H]3O[C@H]2C)O[C@@H](C)[C@H](O[C@@H]2O[C@@H](C)[C@H](OC(=O)[C@@H](C)CC)[C@@H](O)[C@H]2O)[C@H]1O[C@@H]1O[C@H](CO)[C@@H](O)[C@H](O)[C@H]1O. The summed E-state index contributed by atoms with van der Waals surface area (Å²) in [5.41, 5.74) is 0. The van der Waals surface area contributed by atoms with Gasteiger partial charge in [0.05, 0.1) is 43.0 Å². The maximum atomic E-state index is 14.2. The molecule has 6 heterocycles. The molecule has 0 aromatic rings. The van der Waals surface area contributed by atoms with Gasteiger partial charge in [-0.05, 0) is 59.8 Å². The summed E-state index contributed by atoms with van der Waals surface area (Å²) < 4.78 is 87.8. The Balaban J connectivity index is 1.38. The highest BCUT2D eigenvalue weighted by Crippen LogP contribution is 2.40. The summed E-state index contributed by atoms with van der Waals surface area (Å²) in [5.74, 6) is -3.41. The first kappa shape index (κ1) is 73.2. The third-order valence-corrected chi connectivity index (χ3v) is 17.5. The molecule has 0 spiro atoms. The number of rotatable bonds is 22. The number of hydrogen-bond acceptors (Lipinski definition) is 26. The van der Waals surface area contributed by atoms with Gasteiger partial charge in [0.1, 0.15) is 73.2 Å². The van der Waals surface area contributed by atoms with Crippen LogP contribution in [0.5, 0.6) is 0 Å². The zero-order valence-electron chi connectivity index (χ0n) is 52.4. The standard InChI is InChI=1S/C61H104O26/c1-10-13-15-19-24-29-40(65)82-55-54(87-58-44(69)42(67)41(66)38(30-62)80-58)51(85-57-45(70)43(68)48(32(5)74-57)83-56(73)31(4)12-3)35(8)77-61(55)84-50-34(7)76-60-52(47(50)72)81-39(64)28-25-21-18-16-17-20-23-27-37(26-22-14-11-2)79-59-53(86-60)46(71)49(33(6)75-59)78-36(9)63/h31-35,37-38,41-55,57-62,66-72H,10-30H2,1-9H3/t31-,32-,33+,34-,35-,37-,38+,41+,42-,43-,44+,45+,46-,47+,48-,49-,50-,51-,52+,53+,54+,55+,57-,58-,59-,60-,61-/m0/s1. The van der Waals surface area contributed by atoms with Crippen molar-refractivity contribution in [2.75, 3.05) is 6.61 Å². The smallest absolute Gasteiger partial charge is 0.309 e. The molecular formula is C61H104O26. The zero-order chi connectivity index (χ0) is 63.6. The van der Waals surface area contributed by atoms with Crippen molar-refractivity contribution in [3.63, 3.8) is 0 Å². The second-order valence-electron chi connectivity index (χ2n) is 24.5. The fourth-order valence-electron chi connectivity index (χ4n) is 12.0. The summed E-state index contributed by atoms with van der Waals surface area (Å²) in [7, 11) is 0. The average molecular weight is 1250 g/mol. The van der Waals surface area contributed by atoms with E-state index in [4.69, 9.17) is 66.3 Å². The minimum absolute atomic E-state index is 0.0550. The number of aliphatic hydroxyl groups is 8. The number of unbranched alkanes of at least 4 members (excludes halogenated alkanes) is 6. The molecule has 6 rings (SSSR count). The minimum atomic E-state index is -2.02. The molecule has 0 unspecified atom stereocenters. The van der Waals surface area contributed by atoms with Gasteiger partial charge in [-0.25, -0.2) is 0 Å². The Morgan fingerprint density at radius 3 is 1.72 bits per heavy atom. The molecule has 0 aromatic heterocycles. The number of ether oxygens (including phenoxy) is 14. The molecule has 26 nitrogen and oxygen atoms in total. The first-order valence-electron chi connectivity index (χ1n) is 32.2. The Hall–Kier alpha value is -2.84. The number of fused-ring (bicyclic) bond motifs is 2. The summed E-state index contributed by atoms with van der Waals surface area (Å²) in [6, 6.07) is 0. The average Bonchev–Trinajstić information content (AvgIpc) is 0.907. The van der Waals surface area contributed by atoms with Crippen LogP contribution >= 0.6 is 0 Å². The van der Waals surface area contributed by atoms with E-state index in [0.29, 0.717) is 38.5 Å². The van der Waals surface area contributed by atoms with Gasteiger partial charge in [-0.3, -0.25) is 19.2 Å². The number of carbonyl (C=O) groups excluding carboxylic acids is 4. The molecule has 0 saturated carbocycles. The lowest BCUT2D eigenvalue weighted by Crippen LogP contribution is -2.68. The quantitative estimate of drug-likeness (QED) is 0.0438. The zero-order valence-corrected chi connectivity index (χ0v) is 52.4. The number of esters is 4. The van der Waals surface area contributed by atoms with Crippen LogP contribution in [0.1, 0.15) is 191 Å². The van der Waals surface area contributed by atoms with Gasteiger partial charge < -0.3 is 107 Å². The van der Waals surface area contributed by atoms with Crippen LogP contribution in [0, 0.1) is 5.92 Å². The van der Waals surface area contributed by atoms with Crippen molar-refractivity contribution in [2.45, 2.75) is 350 Å². The maximum Gasteiger partial charge on any atom is 0.309 e. The van der Waals surface area contributed by atoms with E-state index in [-0.39, 0.29) is 18.9 Å². The molecule has 504 valence electrons. The molecule has 0 aliphatic carbocycles. The molecule has 0 amide bonds. The van der Waals surface area contributed by atoms with Crippen LogP contribution in [-0.4, -0.2) is 231 Å². The molecule has 0 aromatic carbocycles. The number of carbonyl (C=O) groups is 4. The van der Waals surface area contributed by atoms with E-state index >= 15 is 0 Å². The summed E-state index contributed by atoms with van der Waals surface area (Å²) in [4.78, 5) is 53.5. The Morgan fingerprint density at radius 2 is 1.06 bits per heavy atom. The van der Waals surface area contributed by atoms with Gasteiger partial charge in [-0.1, -0.05) is 111 Å². The molecule has 6 saturated heterocycles. The van der Waals surface area contributed by atoms with Crippen molar-refractivity contribution in [1.82, 2.24) is 0 Å². The lowest BCUT2D eigenvalue weighted by molar-refractivity contribution is -0.400. The van der Waals surface area contributed by atoms with E-state index in [0.717, 1.165) is 77.0 Å². The van der Waals surface area contributed by atoms with E-state index in [1.165, 1.54) is 27.7 Å². The molecule has 0 bridgehead atoms. The molecule has 87 heavy (non-hydrogen) atoms. The summed E-state index contributed by atoms with van der Waals surface area (Å²) >= 11 is 0. The van der Waals surface area contributed by atoms with Crippen LogP contribution in [0.25, 0.3) is 0 Å². The van der Waals surface area contributed by atoms with Gasteiger partial charge in [0.2, 0.25) is 0 Å². The van der Waals surface area contributed by atoms with Crippen LogP contribution in [-0.2, 0) is 85.5 Å². The molecule has 6 fully saturated rings. The lowest BCUT2D eigenvalue weighted by atomic mass is 9.95. The fourth-order valence-corrected chi connectivity index (χ4v) is 12.0. The Bertz CT molecular complexity index is 2050.